The van der Waals surface area contributed by atoms with Crippen molar-refractivity contribution in [2.75, 3.05) is 152 Å². The molecule has 2 amide bonds. The number of imide groups is 1. The highest BCUT2D eigenvalue weighted by molar-refractivity contribution is 6.21. The molecule has 14 heteroatoms. The van der Waals surface area contributed by atoms with Crippen LogP contribution in [0.5, 0.6) is 0 Å². The van der Waals surface area contributed by atoms with Crippen LogP contribution in [0, 0.1) is 0 Å². The maximum Gasteiger partial charge on any atom is 0.261 e. The van der Waals surface area contributed by atoms with Gasteiger partial charge in [0.1, 0.15) is 0 Å². The van der Waals surface area contributed by atoms with Gasteiger partial charge in [-0.05, 0) is 18.6 Å². The fraction of sp³-hybridized carbons (Fsp3) is 0.789. The minimum Gasteiger partial charge on any atom is -0.379 e. The van der Waals surface area contributed by atoms with E-state index in [-0.39, 0.29) is 25.0 Å². The average molecular weight is 744 g/mol. The van der Waals surface area contributed by atoms with Crippen molar-refractivity contribution in [3.63, 3.8) is 0 Å². The molecule has 0 N–H and O–H groups in total. The first-order chi connectivity index (χ1) is 25.8. The number of hydrogen-bond acceptors (Lipinski definition) is 13. The smallest absolute Gasteiger partial charge is 0.261 e. The van der Waals surface area contributed by atoms with Gasteiger partial charge >= 0.3 is 0 Å². The van der Waals surface area contributed by atoms with E-state index in [9.17, 15) is 9.59 Å². The fourth-order valence-electron chi connectivity index (χ4n) is 4.88. The Balaban J connectivity index is 1.15. The molecule has 0 aromatic heterocycles. The number of benzene rings is 1. The Bertz CT molecular complexity index is 951. The number of nitrogens with zero attached hydrogens (tertiary/aromatic N) is 1. The highest BCUT2D eigenvalue weighted by Crippen LogP contribution is 2.21. The molecule has 1 aliphatic heterocycles. The lowest BCUT2D eigenvalue weighted by molar-refractivity contribution is -0.0276. The van der Waals surface area contributed by atoms with Gasteiger partial charge in [0.05, 0.1) is 156 Å². The SMILES string of the molecule is CCCCCCCCOCCOCCOCCOCCOCCOCCOCCOCCOCCOCCOCCN1C(=O)c2ccccc2C1=O. The maximum absolute atomic E-state index is 12.3. The van der Waals surface area contributed by atoms with Gasteiger partial charge in [-0.1, -0.05) is 51.2 Å². The average Bonchev–Trinajstić information content (AvgIpc) is 3.40. The zero-order valence-electron chi connectivity index (χ0n) is 31.6. The molecule has 0 bridgehead atoms. The number of carbonyl (C=O) groups excluding carboxylic acids is 2. The summed E-state index contributed by atoms with van der Waals surface area (Å²) in [5.41, 5.74) is 0.886. The first-order valence-corrected chi connectivity index (χ1v) is 19.1. The third-order valence-corrected chi connectivity index (χ3v) is 7.70. The quantitative estimate of drug-likeness (QED) is 0.0712. The van der Waals surface area contributed by atoms with E-state index >= 15 is 0 Å². The van der Waals surface area contributed by atoms with Gasteiger partial charge < -0.3 is 52.1 Å². The van der Waals surface area contributed by atoms with Crippen molar-refractivity contribution in [2.24, 2.45) is 0 Å². The van der Waals surface area contributed by atoms with Crippen molar-refractivity contribution < 1.29 is 61.7 Å². The molecule has 0 radical (unpaired) electrons. The number of fused-ring (bicyclic) bond motifs is 1. The molecule has 1 aliphatic rings. The van der Waals surface area contributed by atoms with Crippen molar-refractivity contribution in [1.29, 1.82) is 0 Å². The molecule has 2 rings (SSSR count). The summed E-state index contributed by atoms with van der Waals surface area (Å²) in [6.07, 6.45) is 7.65. The Kier molecular flexibility index (Phi) is 30.7. The van der Waals surface area contributed by atoms with Crippen LogP contribution < -0.4 is 0 Å². The van der Waals surface area contributed by atoms with E-state index < -0.39 is 0 Å². The minimum absolute atomic E-state index is 0.215. The van der Waals surface area contributed by atoms with Crippen LogP contribution in [0.3, 0.4) is 0 Å². The van der Waals surface area contributed by atoms with Crippen molar-refractivity contribution in [3.8, 4) is 0 Å². The summed E-state index contributed by atoms with van der Waals surface area (Å²) in [5.74, 6) is -0.553. The second-order valence-corrected chi connectivity index (χ2v) is 11.8. The van der Waals surface area contributed by atoms with E-state index in [0.29, 0.717) is 143 Å². The normalized spacial score (nSPS) is 12.8. The molecule has 0 saturated heterocycles. The van der Waals surface area contributed by atoms with Crippen LogP contribution in [0.2, 0.25) is 0 Å². The van der Waals surface area contributed by atoms with Gasteiger partial charge in [0.15, 0.2) is 0 Å². The lowest BCUT2D eigenvalue weighted by Crippen LogP contribution is -2.33. The van der Waals surface area contributed by atoms with Gasteiger partial charge in [0.2, 0.25) is 0 Å². The van der Waals surface area contributed by atoms with Crippen LogP contribution >= 0.6 is 0 Å². The zero-order valence-corrected chi connectivity index (χ0v) is 31.6. The Morgan fingerprint density at radius 1 is 0.365 bits per heavy atom. The van der Waals surface area contributed by atoms with E-state index in [1.165, 1.54) is 37.0 Å². The third kappa shape index (κ3) is 24.3. The molecule has 0 fully saturated rings. The number of hydrogen-bond donors (Lipinski definition) is 0. The summed E-state index contributed by atoms with van der Waals surface area (Å²) < 4.78 is 60.5. The van der Waals surface area contributed by atoms with Crippen LogP contribution in [0.25, 0.3) is 0 Å². The number of amides is 2. The second kappa shape index (κ2) is 34.7. The summed E-state index contributed by atoms with van der Waals surface area (Å²) in [6, 6.07) is 6.83. The predicted octanol–water partition coefficient (Wildman–Crippen LogP) is 3.83. The van der Waals surface area contributed by atoms with Crippen molar-refractivity contribution in [2.45, 2.75) is 45.4 Å². The highest BCUT2D eigenvalue weighted by Gasteiger charge is 2.34. The van der Waals surface area contributed by atoms with Crippen LogP contribution in [-0.4, -0.2) is 169 Å². The first-order valence-electron chi connectivity index (χ1n) is 19.1. The number of unbranched alkanes of at least 4 members (excludes halogenated alkanes) is 5. The van der Waals surface area contributed by atoms with Crippen LogP contribution in [0.1, 0.15) is 66.2 Å². The number of ether oxygens (including phenoxy) is 11. The summed E-state index contributed by atoms with van der Waals surface area (Å²) in [6.45, 7) is 13.5. The van der Waals surface area contributed by atoms with Crippen molar-refractivity contribution in [1.82, 2.24) is 4.90 Å². The number of rotatable bonds is 40. The van der Waals surface area contributed by atoms with Crippen molar-refractivity contribution >= 4 is 11.8 Å². The first kappa shape index (κ1) is 46.1. The molecule has 0 unspecified atom stereocenters. The van der Waals surface area contributed by atoms with Crippen LogP contribution in [0.15, 0.2) is 24.3 Å². The molecule has 0 atom stereocenters. The van der Waals surface area contributed by atoms with Gasteiger partial charge in [-0.2, -0.15) is 0 Å². The Morgan fingerprint density at radius 3 is 0.962 bits per heavy atom. The van der Waals surface area contributed by atoms with E-state index in [1.807, 2.05) is 0 Å². The topological polar surface area (TPSA) is 139 Å². The van der Waals surface area contributed by atoms with E-state index in [1.54, 1.807) is 24.3 Å². The molecule has 14 nitrogen and oxygen atoms in total. The predicted molar refractivity (Wildman–Crippen MR) is 194 cm³/mol. The fourth-order valence-corrected chi connectivity index (χ4v) is 4.88. The summed E-state index contributed by atoms with van der Waals surface area (Å²) in [7, 11) is 0. The van der Waals surface area contributed by atoms with Gasteiger partial charge in [-0.15, -0.1) is 0 Å². The molecule has 300 valence electrons. The molecule has 1 aromatic rings. The lowest BCUT2D eigenvalue weighted by Gasteiger charge is -2.13. The van der Waals surface area contributed by atoms with Gasteiger partial charge in [0, 0.05) is 6.61 Å². The van der Waals surface area contributed by atoms with Crippen LogP contribution in [0.4, 0.5) is 0 Å². The monoisotopic (exact) mass is 743 g/mol. The standard InChI is InChI=1S/C38H65NO13/c1-2-3-4-5-6-9-13-42-15-17-44-19-21-46-23-25-48-27-29-50-31-33-52-34-32-51-30-28-49-26-24-47-22-20-45-18-16-43-14-12-39-37(40)35-10-7-8-11-36(35)38(39)41/h7-8,10-11H,2-6,9,12-34H2,1H3. The van der Waals surface area contributed by atoms with Gasteiger partial charge in [0.25, 0.3) is 11.8 Å². The minimum atomic E-state index is -0.276. The lowest BCUT2D eigenvalue weighted by atomic mass is 10.1. The van der Waals surface area contributed by atoms with E-state index in [0.717, 1.165) is 13.0 Å². The summed E-state index contributed by atoms with van der Waals surface area (Å²) in [5, 5.41) is 0. The summed E-state index contributed by atoms with van der Waals surface area (Å²) >= 11 is 0. The Morgan fingerprint density at radius 2 is 0.635 bits per heavy atom. The molecule has 52 heavy (non-hydrogen) atoms. The molecule has 0 spiro atoms. The van der Waals surface area contributed by atoms with Gasteiger partial charge in [-0.3, -0.25) is 14.5 Å². The molecule has 0 saturated carbocycles. The van der Waals surface area contributed by atoms with E-state index in [2.05, 4.69) is 6.92 Å². The molecule has 1 heterocycles. The highest BCUT2D eigenvalue weighted by atomic mass is 16.6. The second-order valence-electron chi connectivity index (χ2n) is 11.8. The zero-order chi connectivity index (χ0) is 37.0. The molecule has 1 aromatic carbocycles. The van der Waals surface area contributed by atoms with Crippen molar-refractivity contribution in [3.05, 3.63) is 35.4 Å². The number of carbonyl (C=O) groups is 2. The summed E-state index contributed by atoms with van der Waals surface area (Å²) in [4.78, 5) is 25.8. The maximum atomic E-state index is 12.3. The largest absolute Gasteiger partial charge is 0.379 e. The molecule has 0 aliphatic carbocycles. The van der Waals surface area contributed by atoms with E-state index in [4.69, 9.17) is 52.1 Å². The van der Waals surface area contributed by atoms with Crippen LogP contribution in [-0.2, 0) is 52.1 Å². The Labute approximate surface area is 310 Å². The molecular weight excluding hydrogens is 678 g/mol. The Hall–Kier alpha value is -2.08. The van der Waals surface area contributed by atoms with Gasteiger partial charge in [-0.25, -0.2) is 0 Å². The third-order valence-electron chi connectivity index (χ3n) is 7.70. The molecular formula is C38H65NO13.